The van der Waals surface area contributed by atoms with Gasteiger partial charge >= 0.3 is 0 Å². The number of carbonyl (C=O) groups excluding carboxylic acids is 1. The maximum absolute atomic E-state index is 12.4. The smallest absolute Gasteiger partial charge is 0.260 e. The van der Waals surface area contributed by atoms with E-state index < -0.39 is 0 Å². The summed E-state index contributed by atoms with van der Waals surface area (Å²) in [7, 11) is 0. The van der Waals surface area contributed by atoms with Gasteiger partial charge in [-0.3, -0.25) is 4.79 Å². The van der Waals surface area contributed by atoms with Crippen LogP contribution in [0.3, 0.4) is 0 Å². The van der Waals surface area contributed by atoms with Gasteiger partial charge in [0.05, 0.1) is 11.6 Å². The monoisotopic (exact) mass is 338 g/mol. The van der Waals surface area contributed by atoms with Gasteiger partial charge in [0, 0.05) is 13.1 Å². The van der Waals surface area contributed by atoms with E-state index in [9.17, 15) is 4.79 Å². The van der Waals surface area contributed by atoms with Crippen molar-refractivity contribution in [1.82, 2.24) is 4.90 Å². The summed E-state index contributed by atoms with van der Waals surface area (Å²) in [5.74, 6) is 1.80. The van der Waals surface area contributed by atoms with E-state index in [-0.39, 0.29) is 19.3 Å². The molecule has 0 fully saturated rings. The van der Waals surface area contributed by atoms with Gasteiger partial charge in [-0.2, -0.15) is 5.26 Å². The van der Waals surface area contributed by atoms with Crippen LogP contribution in [0.2, 0.25) is 0 Å². The Morgan fingerprint density at radius 2 is 2.08 bits per heavy atom. The Labute approximate surface area is 146 Å². The topological polar surface area (TPSA) is 71.8 Å². The van der Waals surface area contributed by atoms with Crippen LogP contribution < -0.4 is 14.2 Å². The van der Waals surface area contributed by atoms with Crippen molar-refractivity contribution in [2.45, 2.75) is 13.5 Å². The lowest BCUT2D eigenvalue weighted by Gasteiger charge is -2.21. The summed E-state index contributed by atoms with van der Waals surface area (Å²) in [6.07, 6.45) is 0. The predicted molar refractivity (Wildman–Crippen MR) is 90.3 cm³/mol. The Morgan fingerprint density at radius 3 is 2.88 bits per heavy atom. The third-order valence-electron chi connectivity index (χ3n) is 3.87. The number of nitriles is 1. The highest BCUT2D eigenvalue weighted by Gasteiger charge is 2.17. The van der Waals surface area contributed by atoms with Crippen molar-refractivity contribution in [3.8, 4) is 23.3 Å². The molecule has 0 N–H and O–H groups in total. The van der Waals surface area contributed by atoms with Crippen LogP contribution in [-0.4, -0.2) is 30.8 Å². The summed E-state index contributed by atoms with van der Waals surface area (Å²) in [5, 5.41) is 8.90. The molecule has 25 heavy (non-hydrogen) atoms. The Balaban J connectivity index is 1.60. The normalized spacial score (nSPS) is 11.7. The molecular formula is C19H18N2O4. The van der Waals surface area contributed by atoms with Gasteiger partial charge in [0.1, 0.15) is 5.75 Å². The number of benzene rings is 2. The minimum atomic E-state index is -0.123. The zero-order valence-corrected chi connectivity index (χ0v) is 13.9. The summed E-state index contributed by atoms with van der Waals surface area (Å²) in [6, 6.07) is 14.4. The first-order valence-corrected chi connectivity index (χ1v) is 7.99. The van der Waals surface area contributed by atoms with Gasteiger partial charge in [0.25, 0.3) is 5.91 Å². The minimum Gasteiger partial charge on any atom is -0.484 e. The minimum absolute atomic E-state index is 0.0761. The molecule has 6 nitrogen and oxygen atoms in total. The average Bonchev–Trinajstić information content (AvgIpc) is 3.12. The van der Waals surface area contributed by atoms with Crippen LogP contribution in [0.1, 0.15) is 18.1 Å². The molecule has 0 saturated carbocycles. The molecule has 0 radical (unpaired) electrons. The second kappa shape index (κ2) is 7.58. The molecule has 0 spiro atoms. The highest BCUT2D eigenvalue weighted by Crippen LogP contribution is 2.32. The molecule has 1 aliphatic rings. The van der Waals surface area contributed by atoms with Gasteiger partial charge in [-0.25, -0.2) is 0 Å². The molecule has 2 aromatic rings. The fourth-order valence-corrected chi connectivity index (χ4v) is 2.53. The van der Waals surface area contributed by atoms with E-state index in [1.54, 1.807) is 29.2 Å². The highest BCUT2D eigenvalue weighted by atomic mass is 16.7. The summed E-state index contributed by atoms with van der Waals surface area (Å²) in [5.41, 5.74) is 1.46. The molecule has 0 atom stereocenters. The lowest BCUT2D eigenvalue weighted by Crippen LogP contribution is -2.34. The number of amides is 1. The first kappa shape index (κ1) is 16.7. The number of rotatable bonds is 6. The molecule has 128 valence electrons. The van der Waals surface area contributed by atoms with Crippen molar-refractivity contribution >= 4 is 5.91 Å². The molecule has 0 saturated heterocycles. The molecule has 1 aliphatic heterocycles. The number of ether oxygens (including phenoxy) is 3. The van der Waals surface area contributed by atoms with Gasteiger partial charge in [0.2, 0.25) is 6.79 Å². The van der Waals surface area contributed by atoms with Crippen LogP contribution in [-0.2, 0) is 11.3 Å². The van der Waals surface area contributed by atoms with Crippen LogP contribution in [0.25, 0.3) is 0 Å². The Kier molecular flexibility index (Phi) is 5.05. The van der Waals surface area contributed by atoms with E-state index in [0.717, 1.165) is 11.3 Å². The molecule has 0 unspecified atom stereocenters. The molecule has 3 rings (SSSR count). The van der Waals surface area contributed by atoms with E-state index in [2.05, 4.69) is 0 Å². The fraction of sp³-hybridized carbons (Fsp3) is 0.263. The van der Waals surface area contributed by atoms with E-state index in [1.807, 2.05) is 31.2 Å². The van der Waals surface area contributed by atoms with Crippen LogP contribution in [0, 0.1) is 11.3 Å². The van der Waals surface area contributed by atoms with Gasteiger partial charge in [-0.1, -0.05) is 12.1 Å². The zero-order chi connectivity index (χ0) is 17.6. The van der Waals surface area contributed by atoms with Crippen molar-refractivity contribution in [3.63, 3.8) is 0 Å². The number of fused-ring (bicyclic) bond motifs is 1. The van der Waals surface area contributed by atoms with Crippen LogP contribution >= 0.6 is 0 Å². The maximum Gasteiger partial charge on any atom is 0.260 e. The van der Waals surface area contributed by atoms with Crippen molar-refractivity contribution in [1.29, 1.82) is 5.26 Å². The molecule has 6 heteroatoms. The molecule has 0 bridgehead atoms. The second-order valence-corrected chi connectivity index (χ2v) is 5.52. The van der Waals surface area contributed by atoms with E-state index in [4.69, 9.17) is 19.5 Å². The third kappa shape index (κ3) is 4.01. The van der Waals surface area contributed by atoms with Crippen molar-refractivity contribution < 1.29 is 19.0 Å². The fourth-order valence-electron chi connectivity index (χ4n) is 2.53. The Morgan fingerprint density at radius 1 is 1.24 bits per heavy atom. The largest absolute Gasteiger partial charge is 0.484 e. The van der Waals surface area contributed by atoms with E-state index in [0.29, 0.717) is 30.2 Å². The quantitative estimate of drug-likeness (QED) is 0.810. The molecule has 0 aliphatic carbocycles. The number of nitrogens with zero attached hydrogens (tertiary/aromatic N) is 2. The van der Waals surface area contributed by atoms with Crippen molar-refractivity contribution in [2.75, 3.05) is 19.9 Å². The van der Waals surface area contributed by atoms with Crippen LogP contribution in [0.4, 0.5) is 0 Å². The lowest BCUT2D eigenvalue weighted by molar-refractivity contribution is -0.133. The summed E-state index contributed by atoms with van der Waals surface area (Å²) in [6.45, 7) is 3.10. The van der Waals surface area contributed by atoms with Crippen molar-refractivity contribution in [2.24, 2.45) is 0 Å². The molecule has 1 heterocycles. The number of hydrogen-bond donors (Lipinski definition) is 0. The number of likely N-dealkylation sites (N-methyl/N-ethyl adjacent to an activating group) is 1. The Bertz CT molecular complexity index is 813. The average molecular weight is 338 g/mol. The first-order chi connectivity index (χ1) is 12.2. The SMILES string of the molecule is CCN(Cc1ccc2c(c1)OCO2)C(=O)COc1cccc(C#N)c1. The molecular weight excluding hydrogens is 320 g/mol. The van der Waals surface area contributed by atoms with E-state index >= 15 is 0 Å². The summed E-state index contributed by atoms with van der Waals surface area (Å²) in [4.78, 5) is 14.1. The Hall–Kier alpha value is -3.20. The third-order valence-corrected chi connectivity index (χ3v) is 3.87. The van der Waals surface area contributed by atoms with Gasteiger partial charge in [-0.05, 0) is 42.8 Å². The second-order valence-electron chi connectivity index (χ2n) is 5.52. The summed E-state index contributed by atoms with van der Waals surface area (Å²) >= 11 is 0. The lowest BCUT2D eigenvalue weighted by atomic mass is 10.2. The maximum atomic E-state index is 12.4. The van der Waals surface area contributed by atoms with Gasteiger partial charge in [0.15, 0.2) is 18.1 Å². The van der Waals surface area contributed by atoms with Crippen LogP contribution in [0.15, 0.2) is 42.5 Å². The highest BCUT2D eigenvalue weighted by molar-refractivity contribution is 5.77. The van der Waals surface area contributed by atoms with Gasteiger partial charge in [-0.15, -0.1) is 0 Å². The first-order valence-electron chi connectivity index (χ1n) is 7.99. The van der Waals surface area contributed by atoms with Crippen molar-refractivity contribution in [3.05, 3.63) is 53.6 Å². The molecule has 1 amide bonds. The predicted octanol–water partition coefficient (Wildman–Crippen LogP) is 2.71. The van der Waals surface area contributed by atoms with Gasteiger partial charge < -0.3 is 19.1 Å². The van der Waals surface area contributed by atoms with Crippen LogP contribution in [0.5, 0.6) is 17.2 Å². The summed E-state index contributed by atoms with van der Waals surface area (Å²) < 4.78 is 16.2. The standard InChI is InChI=1S/C19H18N2O4/c1-2-21(11-15-6-7-17-18(9-15)25-13-24-17)19(22)12-23-16-5-3-4-14(8-16)10-20/h3-9H,2,11-13H2,1H3. The number of carbonyl (C=O) groups is 1. The zero-order valence-electron chi connectivity index (χ0n) is 13.9. The molecule has 2 aromatic carbocycles. The van der Waals surface area contributed by atoms with E-state index in [1.165, 1.54) is 0 Å². The number of hydrogen-bond acceptors (Lipinski definition) is 5. The molecule has 0 aromatic heterocycles.